The molecule has 0 atom stereocenters. The van der Waals surface area contributed by atoms with Gasteiger partial charge in [-0.2, -0.15) is 5.10 Å². The van der Waals surface area contributed by atoms with Crippen LogP contribution >= 0.6 is 55.1 Å². The first-order chi connectivity index (χ1) is 14.3. The standard InChI is InChI=1S/C19H12Br2Cl2N4O3/c20-12-7-9(22)6-11(19(29)30)16(12)26(10-3-4-10)18(28)14-8-15(21)25-27(14)17-13(23)2-1-5-24-17/h1-2,5-8,10H,3-4H2,(H,29,30). The van der Waals surface area contributed by atoms with Crippen LogP contribution < -0.4 is 4.90 Å². The SMILES string of the molecule is O=C(O)c1cc(Cl)cc(Br)c1N(C(=O)c1cc(Br)nn1-c1ncccc1Cl)C1CC1. The summed E-state index contributed by atoms with van der Waals surface area (Å²) in [4.78, 5) is 31.3. The van der Waals surface area contributed by atoms with Crippen molar-refractivity contribution < 1.29 is 14.7 Å². The maximum atomic E-state index is 13.7. The predicted molar refractivity (Wildman–Crippen MR) is 120 cm³/mol. The van der Waals surface area contributed by atoms with Gasteiger partial charge in [0.1, 0.15) is 10.3 Å². The Labute approximate surface area is 197 Å². The van der Waals surface area contributed by atoms with E-state index in [-0.39, 0.29) is 33.8 Å². The zero-order valence-electron chi connectivity index (χ0n) is 15.0. The quantitative estimate of drug-likeness (QED) is 0.428. The minimum absolute atomic E-state index is 0.0735. The van der Waals surface area contributed by atoms with Gasteiger partial charge >= 0.3 is 5.97 Å². The summed E-state index contributed by atoms with van der Waals surface area (Å²) >= 11 is 19.0. The van der Waals surface area contributed by atoms with Gasteiger partial charge in [0.25, 0.3) is 5.91 Å². The van der Waals surface area contributed by atoms with E-state index >= 15 is 0 Å². The third kappa shape index (κ3) is 3.99. The van der Waals surface area contributed by atoms with Gasteiger partial charge in [-0.05, 0) is 69.0 Å². The maximum absolute atomic E-state index is 13.7. The number of carbonyl (C=O) groups is 2. The predicted octanol–water partition coefficient (Wildman–Crippen LogP) is 5.61. The summed E-state index contributed by atoms with van der Waals surface area (Å²) in [5.74, 6) is -1.32. The molecule has 0 bridgehead atoms. The molecular formula is C19H12Br2Cl2N4O3. The molecule has 0 aliphatic heterocycles. The molecule has 1 aliphatic rings. The van der Waals surface area contributed by atoms with E-state index in [4.69, 9.17) is 23.2 Å². The second-order valence-electron chi connectivity index (χ2n) is 6.57. The van der Waals surface area contributed by atoms with Crippen molar-refractivity contribution in [2.75, 3.05) is 4.90 Å². The number of benzene rings is 1. The number of aromatic nitrogens is 3. The number of carboxylic acids is 1. The number of pyridine rings is 1. The summed E-state index contributed by atoms with van der Waals surface area (Å²) in [6.45, 7) is 0. The molecule has 4 rings (SSSR count). The monoisotopic (exact) mass is 572 g/mol. The van der Waals surface area contributed by atoms with E-state index in [1.54, 1.807) is 30.5 Å². The number of aromatic carboxylic acids is 1. The number of hydrogen-bond donors (Lipinski definition) is 1. The van der Waals surface area contributed by atoms with Crippen molar-refractivity contribution in [1.82, 2.24) is 14.8 Å². The molecule has 154 valence electrons. The maximum Gasteiger partial charge on any atom is 0.337 e. The van der Waals surface area contributed by atoms with Gasteiger partial charge in [0.05, 0.1) is 16.3 Å². The van der Waals surface area contributed by atoms with Crippen LogP contribution in [0.25, 0.3) is 5.82 Å². The van der Waals surface area contributed by atoms with E-state index in [9.17, 15) is 14.7 Å². The summed E-state index contributed by atoms with van der Waals surface area (Å²) in [5, 5.41) is 14.6. The van der Waals surface area contributed by atoms with Gasteiger partial charge in [0, 0.05) is 27.8 Å². The lowest BCUT2D eigenvalue weighted by Crippen LogP contribution is -2.36. The van der Waals surface area contributed by atoms with Gasteiger partial charge < -0.3 is 10.0 Å². The highest BCUT2D eigenvalue weighted by Crippen LogP contribution is 2.41. The number of carbonyl (C=O) groups excluding carboxylic acids is 1. The summed E-state index contributed by atoms with van der Waals surface area (Å²) in [5.41, 5.74) is 0.360. The Bertz CT molecular complexity index is 1180. The smallest absolute Gasteiger partial charge is 0.337 e. The molecule has 2 aromatic heterocycles. The van der Waals surface area contributed by atoms with Crippen molar-refractivity contribution in [2.24, 2.45) is 0 Å². The fourth-order valence-electron chi connectivity index (χ4n) is 3.08. The van der Waals surface area contributed by atoms with E-state index in [2.05, 4.69) is 41.9 Å². The average Bonchev–Trinajstić information content (AvgIpc) is 3.44. The Morgan fingerprint density at radius 2 is 1.93 bits per heavy atom. The van der Waals surface area contributed by atoms with Gasteiger partial charge in [0.15, 0.2) is 5.82 Å². The molecule has 1 saturated carbocycles. The van der Waals surface area contributed by atoms with E-state index in [0.29, 0.717) is 14.1 Å². The first kappa shape index (κ1) is 21.3. The van der Waals surface area contributed by atoms with Crippen molar-refractivity contribution in [3.63, 3.8) is 0 Å². The number of amides is 1. The summed E-state index contributed by atoms with van der Waals surface area (Å²) in [6, 6.07) is 7.61. The van der Waals surface area contributed by atoms with Gasteiger partial charge in [-0.3, -0.25) is 4.79 Å². The number of anilines is 1. The highest BCUT2D eigenvalue weighted by Gasteiger charge is 2.39. The topological polar surface area (TPSA) is 88.3 Å². The second-order valence-corrected chi connectivity index (χ2v) is 9.08. The van der Waals surface area contributed by atoms with Crippen molar-refractivity contribution in [2.45, 2.75) is 18.9 Å². The van der Waals surface area contributed by atoms with Crippen LogP contribution in [-0.2, 0) is 0 Å². The van der Waals surface area contributed by atoms with E-state index in [0.717, 1.165) is 12.8 Å². The minimum atomic E-state index is -1.19. The first-order valence-corrected chi connectivity index (χ1v) is 11.0. The summed E-state index contributed by atoms with van der Waals surface area (Å²) < 4.78 is 2.17. The van der Waals surface area contributed by atoms with Crippen molar-refractivity contribution in [3.8, 4) is 5.82 Å². The van der Waals surface area contributed by atoms with Crippen LogP contribution in [0.2, 0.25) is 10.0 Å². The van der Waals surface area contributed by atoms with Crippen LogP contribution in [0.1, 0.15) is 33.7 Å². The van der Waals surface area contributed by atoms with Crippen LogP contribution in [0.15, 0.2) is 45.6 Å². The van der Waals surface area contributed by atoms with Gasteiger partial charge in [0.2, 0.25) is 0 Å². The Morgan fingerprint density at radius 1 is 1.20 bits per heavy atom. The Kier molecular flexibility index (Phi) is 5.89. The minimum Gasteiger partial charge on any atom is -0.478 e. The lowest BCUT2D eigenvalue weighted by Gasteiger charge is -2.26. The molecule has 1 fully saturated rings. The lowest BCUT2D eigenvalue weighted by atomic mass is 10.1. The molecule has 0 unspecified atom stereocenters. The number of carboxylic acid groups (broad SMARTS) is 1. The molecule has 7 nitrogen and oxygen atoms in total. The molecule has 0 radical (unpaired) electrons. The second kappa shape index (κ2) is 8.30. The van der Waals surface area contributed by atoms with Crippen LogP contribution in [0.3, 0.4) is 0 Å². The lowest BCUT2D eigenvalue weighted by molar-refractivity contribution is 0.0697. The molecule has 1 aliphatic carbocycles. The molecule has 11 heteroatoms. The van der Waals surface area contributed by atoms with E-state index in [1.807, 2.05) is 0 Å². The zero-order chi connectivity index (χ0) is 21.6. The molecule has 0 saturated heterocycles. The van der Waals surface area contributed by atoms with Gasteiger partial charge in [-0.15, -0.1) is 0 Å². The molecular weight excluding hydrogens is 563 g/mol. The number of hydrogen-bond acceptors (Lipinski definition) is 4. The molecule has 1 aromatic carbocycles. The largest absolute Gasteiger partial charge is 0.478 e. The van der Waals surface area contributed by atoms with Crippen molar-refractivity contribution in [3.05, 3.63) is 66.9 Å². The molecule has 0 spiro atoms. The number of nitrogens with zero attached hydrogens (tertiary/aromatic N) is 4. The Balaban J connectivity index is 1.88. The van der Waals surface area contributed by atoms with Crippen LogP contribution in [0, 0.1) is 0 Å². The summed E-state index contributed by atoms with van der Waals surface area (Å²) in [7, 11) is 0. The Morgan fingerprint density at radius 3 is 2.57 bits per heavy atom. The normalized spacial score (nSPS) is 13.3. The summed E-state index contributed by atoms with van der Waals surface area (Å²) in [6.07, 6.45) is 3.04. The van der Waals surface area contributed by atoms with Crippen molar-refractivity contribution >= 4 is 72.6 Å². The third-order valence-corrected chi connectivity index (χ3v) is 5.97. The van der Waals surface area contributed by atoms with Crippen molar-refractivity contribution in [1.29, 1.82) is 0 Å². The molecule has 30 heavy (non-hydrogen) atoms. The molecule has 3 aromatic rings. The number of rotatable bonds is 5. The zero-order valence-corrected chi connectivity index (χ0v) is 19.7. The third-order valence-electron chi connectivity index (χ3n) is 4.47. The fraction of sp³-hybridized carbons (Fsp3) is 0.158. The first-order valence-electron chi connectivity index (χ1n) is 8.70. The van der Waals surface area contributed by atoms with Gasteiger partial charge in [-0.1, -0.05) is 23.2 Å². The molecule has 1 N–H and O–H groups in total. The van der Waals surface area contributed by atoms with Crippen LogP contribution in [0.4, 0.5) is 5.69 Å². The van der Waals surface area contributed by atoms with E-state index < -0.39 is 11.9 Å². The van der Waals surface area contributed by atoms with Crippen LogP contribution in [0.5, 0.6) is 0 Å². The molecule has 1 amide bonds. The van der Waals surface area contributed by atoms with E-state index in [1.165, 1.54) is 15.6 Å². The molecule has 2 heterocycles. The van der Waals surface area contributed by atoms with Crippen LogP contribution in [-0.4, -0.2) is 37.8 Å². The fourth-order valence-corrected chi connectivity index (χ4v) is 4.66. The van der Waals surface area contributed by atoms with Gasteiger partial charge in [-0.25, -0.2) is 14.5 Å². The highest BCUT2D eigenvalue weighted by molar-refractivity contribution is 9.10. The Hall–Kier alpha value is -1.94. The number of halogens is 4. The highest BCUT2D eigenvalue weighted by atomic mass is 79.9. The average molecular weight is 575 g/mol.